The molecule has 1 saturated carbocycles. The van der Waals surface area contributed by atoms with Gasteiger partial charge < -0.3 is 9.47 Å². The number of amides is 1. The van der Waals surface area contributed by atoms with Gasteiger partial charge in [0.15, 0.2) is 5.82 Å². The first-order valence-electron chi connectivity index (χ1n) is 9.19. The molecule has 0 radical (unpaired) electrons. The predicted octanol–water partition coefficient (Wildman–Crippen LogP) is 2.09. The minimum absolute atomic E-state index is 0.165. The second-order valence-corrected chi connectivity index (χ2v) is 7.80. The molecule has 1 aliphatic carbocycles. The molecular formula is C18H26N6O. The monoisotopic (exact) mass is 342 g/mol. The lowest BCUT2D eigenvalue weighted by molar-refractivity contribution is -0.131. The second-order valence-electron chi connectivity index (χ2n) is 7.80. The van der Waals surface area contributed by atoms with Gasteiger partial charge in [0.2, 0.25) is 5.91 Å². The molecule has 0 unspecified atom stereocenters. The Hall–Kier alpha value is -2.18. The van der Waals surface area contributed by atoms with E-state index in [4.69, 9.17) is 4.98 Å². The van der Waals surface area contributed by atoms with E-state index in [-0.39, 0.29) is 11.8 Å². The van der Waals surface area contributed by atoms with E-state index in [0.29, 0.717) is 18.4 Å². The van der Waals surface area contributed by atoms with E-state index in [1.165, 1.54) is 12.8 Å². The highest BCUT2D eigenvalue weighted by Crippen LogP contribution is 2.47. The first-order valence-corrected chi connectivity index (χ1v) is 9.19. The molecule has 1 aliphatic heterocycles. The fourth-order valence-corrected chi connectivity index (χ4v) is 3.83. The lowest BCUT2D eigenvalue weighted by Crippen LogP contribution is -2.32. The average Bonchev–Trinajstić information content (AvgIpc) is 3.00. The molecule has 0 spiro atoms. The van der Waals surface area contributed by atoms with Gasteiger partial charge in [-0.2, -0.15) is 5.10 Å². The summed E-state index contributed by atoms with van der Waals surface area (Å²) in [4.78, 5) is 23.6. The third kappa shape index (κ3) is 3.19. The average molecular weight is 342 g/mol. The first-order chi connectivity index (χ1) is 12.0. The maximum Gasteiger partial charge on any atom is 0.242 e. The fourth-order valence-electron chi connectivity index (χ4n) is 3.83. The Kier molecular flexibility index (Phi) is 4.09. The molecule has 25 heavy (non-hydrogen) atoms. The standard InChI is InChI=1S/C18H26N6O/c1-11(2)17-20-18(22-21-17)15-8-23(7-14(15)13-4-5-13)16(25)9-24-10-19-6-12(24)3/h6,10-11,13-15H,4-5,7-9H2,1-3H3,(H,20,21,22)/t14-,15+/m1/s1. The van der Waals surface area contributed by atoms with Crippen LogP contribution < -0.4 is 0 Å². The minimum Gasteiger partial charge on any atom is -0.340 e. The number of hydrogen-bond donors (Lipinski definition) is 1. The van der Waals surface area contributed by atoms with Gasteiger partial charge in [-0.05, 0) is 31.6 Å². The quantitative estimate of drug-likeness (QED) is 0.902. The topological polar surface area (TPSA) is 79.7 Å². The van der Waals surface area contributed by atoms with Crippen molar-refractivity contribution in [2.75, 3.05) is 13.1 Å². The van der Waals surface area contributed by atoms with Gasteiger partial charge in [0, 0.05) is 36.8 Å². The van der Waals surface area contributed by atoms with Crippen LogP contribution in [-0.2, 0) is 11.3 Å². The Bertz CT molecular complexity index is 759. The number of aromatic amines is 1. The maximum absolute atomic E-state index is 12.8. The number of rotatable bonds is 5. The number of likely N-dealkylation sites (tertiary alicyclic amines) is 1. The molecule has 134 valence electrons. The highest BCUT2D eigenvalue weighted by atomic mass is 16.2. The largest absolute Gasteiger partial charge is 0.340 e. The molecule has 7 nitrogen and oxygen atoms in total. The molecule has 1 saturated heterocycles. The van der Waals surface area contributed by atoms with Gasteiger partial charge >= 0.3 is 0 Å². The van der Waals surface area contributed by atoms with E-state index < -0.39 is 0 Å². The number of aromatic nitrogens is 5. The molecule has 3 heterocycles. The first kappa shape index (κ1) is 16.3. The summed E-state index contributed by atoms with van der Waals surface area (Å²) in [7, 11) is 0. The normalized spacial score (nSPS) is 23.6. The number of nitrogens with zero attached hydrogens (tertiary/aromatic N) is 5. The van der Waals surface area contributed by atoms with Gasteiger partial charge in [0.05, 0.1) is 6.33 Å². The molecule has 2 fully saturated rings. The molecule has 1 N–H and O–H groups in total. The zero-order valence-corrected chi connectivity index (χ0v) is 15.1. The number of H-pyrrole nitrogens is 1. The summed E-state index contributed by atoms with van der Waals surface area (Å²) in [5, 5.41) is 7.51. The molecule has 2 aromatic heterocycles. The number of hydrogen-bond acceptors (Lipinski definition) is 4. The number of aryl methyl sites for hydroxylation is 1. The van der Waals surface area contributed by atoms with Gasteiger partial charge in [-0.15, -0.1) is 0 Å². The summed E-state index contributed by atoms with van der Waals surface area (Å²) in [6, 6.07) is 0. The van der Waals surface area contributed by atoms with Crippen LogP contribution in [0.4, 0.5) is 0 Å². The Labute approximate surface area is 147 Å². The van der Waals surface area contributed by atoms with Crippen LogP contribution in [0, 0.1) is 18.8 Å². The Morgan fingerprint density at radius 2 is 2.16 bits per heavy atom. The van der Waals surface area contributed by atoms with Crippen molar-refractivity contribution in [2.24, 2.45) is 11.8 Å². The van der Waals surface area contributed by atoms with Crippen LogP contribution in [0.1, 0.15) is 55.9 Å². The van der Waals surface area contributed by atoms with Crippen molar-refractivity contribution in [3.63, 3.8) is 0 Å². The molecule has 0 aromatic carbocycles. The van der Waals surface area contributed by atoms with Gasteiger partial charge in [0.1, 0.15) is 12.4 Å². The summed E-state index contributed by atoms with van der Waals surface area (Å²) in [6.45, 7) is 8.11. The molecule has 1 amide bonds. The number of carbonyl (C=O) groups is 1. The van der Waals surface area contributed by atoms with Crippen molar-refractivity contribution in [1.82, 2.24) is 29.6 Å². The van der Waals surface area contributed by atoms with Gasteiger partial charge in [-0.1, -0.05) is 13.8 Å². The molecule has 7 heteroatoms. The van der Waals surface area contributed by atoms with E-state index in [2.05, 4.69) is 29.0 Å². The summed E-state index contributed by atoms with van der Waals surface area (Å²) in [6.07, 6.45) is 6.06. The van der Waals surface area contributed by atoms with Crippen LogP contribution in [0.15, 0.2) is 12.5 Å². The van der Waals surface area contributed by atoms with Crippen LogP contribution in [-0.4, -0.2) is 48.6 Å². The van der Waals surface area contributed by atoms with Crippen LogP contribution in [0.2, 0.25) is 0 Å². The second kappa shape index (κ2) is 6.28. The number of imidazole rings is 1. The highest BCUT2D eigenvalue weighted by molar-refractivity contribution is 5.76. The van der Waals surface area contributed by atoms with Crippen LogP contribution in [0.5, 0.6) is 0 Å². The van der Waals surface area contributed by atoms with Crippen molar-refractivity contribution < 1.29 is 4.79 Å². The molecule has 4 rings (SSSR count). The molecule has 2 atom stereocenters. The lowest BCUT2D eigenvalue weighted by atomic mass is 9.91. The van der Waals surface area contributed by atoms with E-state index in [9.17, 15) is 4.79 Å². The van der Waals surface area contributed by atoms with Crippen molar-refractivity contribution >= 4 is 5.91 Å². The smallest absolute Gasteiger partial charge is 0.242 e. The molecule has 0 bridgehead atoms. The Balaban J connectivity index is 1.50. The van der Waals surface area contributed by atoms with E-state index in [1.54, 1.807) is 12.5 Å². The molecule has 2 aromatic rings. The Morgan fingerprint density at radius 3 is 2.76 bits per heavy atom. The van der Waals surface area contributed by atoms with Crippen molar-refractivity contribution in [3.05, 3.63) is 29.9 Å². The molecule has 2 aliphatic rings. The third-order valence-electron chi connectivity index (χ3n) is 5.56. The van der Waals surface area contributed by atoms with Gasteiger partial charge in [0.25, 0.3) is 0 Å². The number of nitrogens with one attached hydrogen (secondary N) is 1. The van der Waals surface area contributed by atoms with Crippen LogP contribution >= 0.6 is 0 Å². The van der Waals surface area contributed by atoms with Crippen molar-refractivity contribution in [3.8, 4) is 0 Å². The Morgan fingerprint density at radius 1 is 1.36 bits per heavy atom. The SMILES string of the molecule is Cc1cncn1CC(=O)N1C[C@H](c2nc(C(C)C)n[nH]2)[C@@H](C2CC2)C1. The fraction of sp³-hybridized carbons (Fsp3) is 0.667. The highest BCUT2D eigenvalue weighted by Gasteiger charge is 2.45. The number of carbonyl (C=O) groups excluding carboxylic acids is 1. The lowest BCUT2D eigenvalue weighted by Gasteiger charge is -2.17. The zero-order valence-electron chi connectivity index (χ0n) is 15.1. The van der Waals surface area contributed by atoms with Crippen molar-refractivity contribution in [2.45, 2.75) is 52.0 Å². The summed E-state index contributed by atoms with van der Waals surface area (Å²) in [5.41, 5.74) is 1.01. The maximum atomic E-state index is 12.8. The van der Waals surface area contributed by atoms with E-state index in [0.717, 1.165) is 36.4 Å². The van der Waals surface area contributed by atoms with E-state index >= 15 is 0 Å². The minimum atomic E-state index is 0.165. The van der Waals surface area contributed by atoms with Crippen LogP contribution in [0.3, 0.4) is 0 Å². The summed E-state index contributed by atoms with van der Waals surface area (Å²) >= 11 is 0. The van der Waals surface area contributed by atoms with Gasteiger partial charge in [-0.3, -0.25) is 9.89 Å². The van der Waals surface area contributed by atoms with Crippen molar-refractivity contribution in [1.29, 1.82) is 0 Å². The summed E-state index contributed by atoms with van der Waals surface area (Å²) in [5.74, 6) is 3.80. The third-order valence-corrected chi connectivity index (χ3v) is 5.56. The summed E-state index contributed by atoms with van der Waals surface area (Å²) < 4.78 is 1.91. The van der Waals surface area contributed by atoms with Crippen LogP contribution in [0.25, 0.3) is 0 Å². The van der Waals surface area contributed by atoms with Gasteiger partial charge in [-0.25, -0.2) is 9.97 Å². The molecular weight excluding hydrogens is 316 g/mol. The van der Waals surface area contributed by atoms with E-state index in [1.807, 2.05) is 16.4 Å². The predicted molar refractivity (Wildman–Crippen MR) is 93.0 cm³/mol. The zero-order chi connectivity index (χ0) is 17.6.